The molecule has 1 fully saturated rings. The number of benzene rings is 1. The van der Waals surface area contributed by atoms with Crippen LogP contribution in [-0.4, -0.2) is 38.9 Å². The first-order valence-corrected chi connectivity index (χ1v) is 10.2. The van der Waals surface area contributed by atoms with E-state index in [-0.39, 0.29) is 11.8 Å². The monoisotopic (exact) mass is 364 g/mol. The third-order valence-electron chi connectivity index (χ3n) is 4.24. The van der Waals surface area contributed by atoms with Crippen LogP contribution in [0.15, 0.2) is 42.3 Å². The number of likely N-dealkylation sites (tertiary alicyclic amines) is 1. The second-order valence-electron chi connectivity index (χ2n) is 5.97. The Morgan fingerprint density at radius 2 is 2.21 bits per heavy atom. The Morgan fingerprint density at radius 1 is 1.42 bits per heavy atom. The van der Waals surface area contributed by atoms with Gasteiger partial charge in [-0.2, -0.15) is 0 Å². The van der Waals surface area contributed by atoms with Gasteiger partial charge in [-0.15, -0.1) is 11.3 Å². The number of nitrogens with zero attached hydrogens (tertiary/aromatic N) is 1. The van der Waals surface area contributed by atoms with Gasteiger partial charge in [0, 0.05) is 29.7 Å². The summed E-state index contributed by atoms with van der Waals surface area (Å²) in [6.07, 6.45) is 1.80. The highest BCUT2D eigenvalue weighted by molar-refractivity contribution is 7.92. The zero-order valence-electron chi connectivity index (χ0n) is 13.3. The van der Waals surface area contributed by atoms with E-state index in [2.05, 4.69) is 11.3 Å². The number of nitrogens with one attached hydrogen (secondary N) is 1. The number of piperidine rings is 1. The molecule has 24 heavy (non-hydrogen) atoms. The van der Waals surface area contributed by atoms with Gasteiger partial charge in [0.25, 0.3) is 5.91 Å². The molecule has 1 aliphatic heterocycles. The van der Waals surface area contributed by atoms with Crippen molar-refractivity contribution in [3.63, 3.8) is 0 Å². The molecule has 1 N–H and O–H groups in total. The number of sulfonamides is 1. The van der Waals surface area contributed by atoms with Crippen LogP contribution in [0, 0.1) is 5.92 Å². The third-order valence-corrected chi connectivity index (χ3v) is 6.35. The fourth-order valence-corrected chi connectivity index (χ4v) is 4.57. The number of thiophene rings is 1. The molecule has 0 bridgehead atoms. The first-order valence-electron chi connectivity index (χ1n) is 7.88. The standard InChI is InChI=1S/C17H20N2O3S2/c1-2-24(21,22)18-11-13-6-5-9-19(12-13)17(20)16-10-14-7-3-4-8-15(14)23-16/h2-4,7-8,10,13,18H,1,5-6,9,11-12H2. The normalized spacial score (nSPS) is 18.7. The lowest BCUT2D eigenvalue weighted by Gasteiger charge is -2.32. The van der Waals surface area contributed by atoms with Crippen molar-refractivity contribution >= 4 is 37.4 Å². The Bertz CT molecular complexity index is 825. The van der Waals surface area contributed by atoms with E-state index in [0.717, 1.165) is 39.8 Å². The van der Waals surface area contributed by atoms with Crippen molar-refractivity contribution in [2.24, 2.45) is 5.92 Å². The molecule has 1 aromatic heterocycles. The molecule has 0 saturated carbocycles. The number of fused-ring (bicyclic) bond motifs is 1. The predicted octanol–water partition coefficient (Wildman–Crippen LogP) is 2.82. The van der Waals surface area contributed by atoms with Crippen LogP contribution in [0.3, 0.4) is 0 Å². The zero-order chi connectivity index (χ0) is 17.2. The summed E-state index contributed by atoms with van der Waals surface area (Å²) in [5.41, 5.74) is 0. The maximum Gasteiger partial charge on any atom is 0.263 e. The number of carbonyl (C=O) groups excluding carboxylic acids is 1. The summed E-state index contributed by atoms with van der Waals surface area (Å²) in [4.78, 5) is 15.3. The van der Waals surface area contributed by atoms with Gasteiger partial charge in [0.2, 0.25) is 10.0 Å². The number of hydrogen-bond acceptors (Lipinski definition) is 4. The van der Waals surface area contributed by atoms with Crippen LogP contribution in [0.5, 0.6) is 0 Å². The van der Waals surface area contributed by atoms with Crippen molar-refractivity contribution in [2.75, 3.05) is 19.6 Å². The largest absolute Gasteiger partial charge is 0.338 e. The molecule has 1 unspecified atom stereocenters. The lowest BCUT2D eigenvalue weighted by molar-refractivity contribution is 0.0681. The molecule has 1 aliphatic rings. The van der Waals surface area contributed by atoms with Crippen molar-refractivity contribution in [3.05, 3.63) is 47.2 Å². The molecule has 3 rings (SSSR count). The molecule has 2 heterocycles. The highest BCUT2D eigenvalue weighted by Crippen LogP contribution is 2.27. The van der Waals surface area contributed by atoms with Crippen molar-refractivity contribution in [2.45, 2.75) is 12.8 Å². The Balaban J connectivity index is 1.67. The molecule has 1 aromatic carbocycles. The second-order valence-corrected chi connectivity index (χ2v) is 8.76. The minimum Gasteiger partial charge on any atom is -0.338 e. The van der Waals surface area contributed by atoms with E-state index in [0.29, 0.717) is 13.1 Å². The molecule has 7 heteroatoms. The van der Waals surface area contributed by atoms with Gasteiger partial charge < -0.3 is 4.90 Å². The summed E-state index contributed by atoms with van der Waals surface area (Å²) >= 11 is 1.51. The number of amides is 1. The number of rotatable bonds is 5. The zero-order valence-corrected chi connectivity index (χ0v) is 14.9. The average Bonchev–Trinajstić information content (AvgIpc) is 3.04. The van der Waals surface area contributed by atoms with Crippen molar-refractivity contribution in [1.29, 1.82) is 0 Å². The first kappa shape index (κ1) is 17.1. The van der Waals surface area contributed by atoms with Gasteiger partial charge in [-0.1, -0.05) is 24.8 Å². The molecule has 0 aliphatic carbocycles. The summed E-state index contributed by atoms with van der Waals surface area (Å²) in [5.74, 6) is 0.166. The van der Waals surface area contributed by atoms with E-state index in [4.69, 9.17) is 0 Å². The van der Waals surface area contributed by atoms with Crippen LogP contribution in [0.4, 0.5) is 0 Å². The van der Waals surface area contributed by atoms with Crippen LogP contribution < -0.4 is 4.72 Å². The molecule has 0 radical (unpaired) electrons. The number of carbonyl (C=O) groups is 1. The first-order chi connectivity index (χ1) is 11.5. The smallest absolute Gasteiger partial charge is 0.263 e. The maximum absolute atomic E-state index is 12.8. The van der Waals surface area contributed by atoms with Crippen LogP contribution in [0.25, 0.3) is 10.1 Å². The molecule has 0 spiro atoms. The van der Waals surface area contributed by atoms with Crippen LogP contribution in [-0.2, 0) is 10.0 Å². The summed E-state index contributed by atoms with van der Waals surface area (Å²) in [6.45, 7) is 4.92. The summed E-state index contributed by atoms with van der Waals surface area (Å²) in [5, 5.41) is 1.99. The van der Waals surface area contributed by atoms with Gasteiger partial charge >= 0.3 is 0 Å². The summed E-state index contributed by atoms with van der Waals surface area (Å²) in [7, 11) is -3.41. The van der Waals surface area contributed by atoms with Gasteiger partial charge in [-0.25, -0.2) is 13.1 Å². The highest BCUT2D eigenvalue weighted by atomic mass is 32.2. The van der Waals surface area contributed by atoms with Crippen molar-refractivity contribution < 1.29 is 13.2 Å². The highest BCUT2D eigenvalue weighted by Gasteiger charge is 2.26. The fraction of sp³-hybridized carbons (Fsp3) is 0.353. The molecule has 2 aromatic rings. The van der Waals surface area contributed by atoms with E-state index < -0.39 is 10.0 Å². The number of hydrogen-bond donors (Lipinski definition) is 1. The molecule has 1 amide bonds. The van der Waals surface area contributed by atoms with Gasteiger partial charge in [0.05, 0.1) is 4.88 Å². The Labute approximate surface area is 146 Å². The molecule has 1 saturated heterocycles. The Kier molecular flexibility index (Phi) is 5.03. The van der Waals surface area contributed by atoms with Crippen LogP contribution in [0.1, 0.15) is 22.5 Å². The lowest BCUT2D eigenvalue weighted by atomic mass is 9.98. The van der Waals surface area contributed by atoms with Crippen LogP contribution >= 0.6 is 11.3 Å². The molecular weight excluding hydrogens is 344 g/mol. The quantitative estimate of drug-likeness (QED) is 0.887. The van der Waals surface area contributed by atoms with Gasteiger partial charge in [0.1, 0.15) is 0 Å². The van der Waals surface area contributed by atoms with E-state index in [1.165, 1.54) is 11.3 Å². The third kappa shape index (κ3) is 3.85. The van der Waals surface area contributed by atoms with E-state index >= 15 is 0 Å². The van der Waals surface area contributed by atoms with Crippen molar-refractivity contribution in [1.82, 2.24) is 9.62 Å². The lowest BCUT2D eigenvalue weighted by Crippen LogP contribution is -2.43. The molecule has 1 atom stereocenters. The predicted molar refractivity (Wildman–Crippen MR) is 97.6 cm³/mol. The summed E-state index contributed by atoms with van der Waals surface area (Å²) < 4.78 is 26.6. The van der Waals surface area contributed by atoms with Gasteiger partial charge in [0.15, 0.2) is 0 Å². The minimum absolute atomic E-state index is 0.0347. The maximum atomic E-state index is 12.8. The SMILES string of the molecule is C=CS(=O)(=O)NCC1CCCN(C(=O)c2cc3ccccc3s2)C1. The van der Waals surface area contributed by atoms with Gasteiger partial charge in [-0.3, -0.25) is 4.79 Å². The van der Waals surface area contributed by atoms with Crippen molar-refractivity contribution in [3.8, 4) is 0 Å². The second kappa shape index (κ2) is 7.04. The van der Waals surface area contributed by atoms with Gasteiger partial charge in [-0.05, 0) is 36.3 Å². The van der Waals surface area contributed by atoms with Crippen LogP contribution in [0.2, 0.25) is 0 Å². The van der Waals surface area contributed by atoms with E-state index in [9.17, 15) is 13.2 Å². The van der Waals surface area contributed by atoms with E-state index in [1.807, 2.05) is 35.2 Å². The summed E-state index contributed by atoms with van der Waals surface area (Å²) in [6, 6.07) is 9.89. The Morgan fingerprint density at radius 3 is 2.96 bits per heavy atom. The fourth-order valence-electron chi connectivity index (χ4n) is 2.95. The molecule has 5 nitrogen and oxygen atoms in total. The topological polar surface area (TPSA) is 66.5 Å². The Hall–Kier alpha value is -1.70. The minimum atomic E-state index is -3.41. The van der Waals surface area contributed by atoms with E-state index in [1.54, 1.807) is 0 Å². The average molecular weight is 364 g/mol. The molecule has 128 valence electrons. The molecular formula is C17H20N2O3S2.